The quantitative estimate of drug-likeness (QED) is 0.828. The molecule has 2 aromatic carbocycles. The zero-order valence-corrected chi connectivity index (χ0v) is 16.1. The van der Waals surface area contributed by atoms with Crippen molar-refractivity contribution in [2.45, 2.75) is 32.2 Å². The van der Waals surface area contributed by atoms with Gasteiger partial charge in [0.1, 0.15) is 11.5 Å². The number of para-hydroxylation sites is 2. The van der Waals surface area contributed by atoms with Gasteiger partial charge in [0.15, 0.2) is 0 Å². The number of rotatable bonds is 4. The molecule has 0 radical (unpaired) electrons. The Bertz CT molecular complexity index is 676. The first-order valence-electron chi connectivity index (χ1n) is 9.57. The van der Waals surface area contributed by atoms with Gasteiger partial charge in [-0.25, -0.2) is 0 Å². The van der Waals surface area contributed by atoms with Crippen LogP contribution in [0.5, 0.6) is 11.5 Å². The summed E-state index contributed by atoms with van der Waals surface area (Å²) in [7, 11) is 0. The zero-order valence-electron chi connectivity index (χ0n) is 15.3. The van der Waals surface area contributed by atoms with Crippen molar-refractivity contribution in [1.82, 2.24) is 10.2 Å². The molecule has 0 atom stereocenters. The van der Waals surface area contributed by atoms with E-state index in [2.05, 4.69) is 34.5 Å². The third-order valence-electron chi connectivity index (χ3n) is 5.92. The average molecular weight is 373 g/mol. The molecule has 0 saturated carbocycles. The number of nitrogens with zero attached hydrogens (tertiary/aromatic N) is 1. The fourth-order valence-electron chi connectivity index (χ4n) is 4.23. The molecule has 4 heteroatoms. The summed E-state index contributed by atoms with van der Waals surface area (Å²) >= 11 is 0. The van der Waals surface area contributed by atoms with Crippen molar-refractivity contribution in [3.05, 3.63) is 60.2 Å². The Labute approximate surface area is 163 Å². The van der Waals surface area contributed by atoms with Crippen LogP contribution in [0.2, 0.25) is 0 Å². The van der Waals surface area contributed by atoms with Crippen LogP contribution < -0.4 is 10.1 Å². The zero-order chi connectivity index (χ0) is 17.0. The van der Waals surface area contributed by atoms with Crippen LogP contribution in [0.3, 0.4) is 0 Å². The summed E-state index contributed by atoms with van der Waals surface area (Å²) in [6.45, 7) is 5.80. The Morgan fingerprint density at radius 1 is 0.846 bits per heavy atom. The number of hydrogen-bond acceptors (Lipinski definition) is 3. The molecule has 0 bridgehead atoms. The topological polar surface area (TPSA) is 24.5 Å². The summed E-state index contributed by atoms with van der Waals surface area (Å²) in [5.41, 5.74) is 1.90. The van der Waals surface area contributed by atoms with Crippen LogP contribution in [-0.4, -0.2) is 31.1 Å². The third kappa shape index (κ3) is 4.59. The van der Waals surface area contributed by atoms with Crippen molar-refractivity contribution in [3.63, 3.8) is 0 Å². The lowest BCUT2D eigenvalue weighted by Gasteiger charge is -2.44. The first-order chi connectivity index (χ1) is 12.3. The van der Waals surface area contributed by atoms with E-state index in [1.807, 2.05) is 30.3 Å². The molecule has 3 nitrogen and oxygen atoms in total. The molecule has 1 N–H and O–H groups in total. The molecule has 4 rings (SSSR count). The Morgan fingerprint density at radius 2 is 1.50 bits per heavy atom. The summed E-state index contributed by atoms with van der Waals surface area (Å²) in [4.78, 5) is 2.60. The molecule has 0 aliphatic carbocycles. The summed E-state index contributed by atoms with van der Waals surface area (Å²) in [5, 5.41) is 3.51. The lowest BCUT2D eigenvalue weighted by atomic mass is 9.71. The molecular formula is C22H29ClN2O. The maximum atomic E-state index is 6.13. The van der Waals surface area contributed by atoms with Crippen LogP contribution in [0.25, 0.3) is 0 Å². The highest BCUT2D eigenvalue weighted by Gasteiger charge is 2.35. The number of ether oxygens (including phenoxy) is 1. The molecule has 2 aliphatic heterocycles. The molecule has 0 aromatic heterocycles. The fraction of sp³-hybridized carbons (Fsp3) is 0.455. The minimum atomic E-state index is 0. The Hall–Kier alpha value is -1.55. The molecule has 2 aliphatic rings. The number of benzene rings is 2. The summed E-state index contributed by atoms with van der Waals surface area (Å²) in [6.07, 6.45) is 5.40. The van der Waals surface area contributed by atoms with Crippen molar-refractivity contribution < 1.29 is 4.74 Å². The second-order valence-electron chi connectivity index (χ2n) is 7.55. The van der Waals surface area contributed by atoms with Gasteiger partial charge in [-0.1, -0.05) is 36.4 Å². The van der Waals surface area contributed by atoms with Gasteiger partial charge in [0.25, 0.3) is 0 Å². The van der Waals surface area contributed by atoms with Gasteiger partial charge in [-0.3, -0.25) is 4.90 Å². The minimum Gasteiger partial charge on any atom is -0.457 e. The molecule has 2 aromatic rings. The predicted octanol–water partition coefficient (Wildman–Crippen LogP) is 4.87. The van der Waals surface area contributed by atoms with Gasteiger partial charge < -0.3 is 10.1 Å². The Balaban J connectivity index is 0.00000196. The van der Waals surface area contributed by atoms with Gasteiger partial charge in [-0.2, -0.15) is 0 Å². The highest BCUT2D eigenvalue weighted by Crippen LogP contribution is 2.40. The molecule has 2 fully saturated rings. The van der Waals surface area contributed by atoms with Gasteiger partial charge >= 0.3 is 0 Å². The molecule has 140 valence electrons. The van der Waals surface area contributed by atoms with Crippen molar-refractivity contribution in [3.8, 4) is 11.5 Å². The van der Waals surface area contributed by atoms with Crippen molar-refractivity contribution >= 4 is 12.4 Å². The van der Waals surface area contributed by atoms with Gasteiger partial charge in [0, 0.05) is 12.1 Å². The van der Waals surface area contributed by atoms with Crippen LogP contribution in [0.4, 0.5) is 0 Å². The van der Waals surface area contributed by atoms with E-state index in [-0.39, 0.29) is 12.4 Å². The second-order valence-corrected chi connectivity index (χ2v) is 7.55. The summed E-state index contributed by atoms with van der Waals surface area (Å²) in [5.74, 6) is 1.89. The molecule has 0 amide bonds. The van der Waals surface area contributed by atoms with E-state index < -0.39 is 0 Å². The van der Waals surface area contributed by atoms with Crippen molar-refractivity contribution in [1.29, 1.82) is 0 Å². The van der Waals surface area contributed by atoms with Gasteiger partial charge in [-0.15, -0.1) is 12.4 Å². The predicted molar refractivity (Wildman–Crippen MR) is 109 cm³/mol. The second kappa shape index (κ2) is 8.90. The maximum absolute atomic E-state index is 6.13. The molecular weight excluding hydrogens is 344 g/mol. The smallest absolute Gasteiger partial charge is 0.131 e. The maximum Gasteiger partial charge on any atom is 0.131 e. The van der Waals surface area contributed by atoms with E-state index in [0.29, 0.717) is 5.41 Å². The van der Waals surface area contributed by atoms with Crippen molar-refractivity contribution in [2.75, 3.05) is 26.2 Å². The molecule has 2 heterocycles. The SMILES string of the molecule is Cl.c1ccc(Oc2ccccc2CN2CCC3(CCNCC3)CC2)cc1. The first kappa shape index (κ1) is 19.2. The first-order valence-corrected chi connectivity index (χ1v) is 9.57. The summed E-state index contributed by atoms with van der Waals surface area (Å²) < 4.78 is 6.13. The van der Waals surface area contributed by atoms with Gasteiger partial charge in [0.05, 0.1) is 0 Å². The van der Waals surface area contributed by atoms with Crippen LogP contribution >= 0.6 is 12.4 Å². The average Bonchev–Trinajstić information content (AvgIpc) is 2.67. The summed E-state index contributed by atoms with van der Waals surface area (Å²) in [6, 6.07) is 18.5. The number of hydrogen-bond donors (Lipinski definition) is 1. The largest absolute Gasteiger partial charge is 0.457 e. The standard InChI is InChI=1S/C22H28N2O.ClH/c1-2-7-20(8-3-1)25-21-9-5-4-6-19(21)18-24-16-12-22(13-17-24)10-14-23-15-11-22;/h1-9,23H,10-18H2;1H. The van der Waals surface area contributed by atoms with E-state index in [4.69, 9.17) is 4.74 Å². The van der Waals surface area contributed by atoms with Crippen LogP contribution in [0, 0.1) is 5.41 Å². The van der Waals surface area contributed by atoms with Crippen LogP contribution in [0.15, 0.2) is 54.6 Å². The van der Waals surface area contributed by atoms with E-state index in [0.717, 1.165) is 18.0 Å². The van der Waals surface area contributed by atoms with E-state index >= 15 is 0 Å². The van der Waals surface area contributed by atoms with E-state index in [1.165, 1.54) is 57.4 Å². The van der Waals surface area contributed by atoms with Gasteiger partial charge in [-0.05, 0) is 75.5 Å². The molecule has 0 unspecified atom stereocenters. The van der Waals surface area contributed by atoms with E-state index in [9.17, 15) is 0 Å². The normalized spacial score (nSPS) is 19.7. The monoisotopic (exact) mass is 372 g/mol. The molecule has 26 heavy (non-hydrogen) atoms. The molecule has 1 spiro atoms. The lowest BCUT2D eigenvalue weighted by molar-refractivity contribution is 0.0698. The Kier molecular flexibility index (Phi) is 6.58. The number of halogens is 1. The Morgan fingerprint density at radius 3 is 2.23 bits per heavy atom. The third-order valence-corrected chi connectivity index (χ3v) is 5.92. The fourth-order valence-corrected chi connectivity index (χ4v) is 4.23. The number of nitrogens with one attached hydrogen (secondary N) is 1. The number of piperidine rings is 2. The highest BCUT2D eigenvalue weighted by molar-refractivity contribution is 5.85. The lowest BCUT2D eigenvalue weighted by Crippen LogP contribution is -2.45. The van der Waals surface area contributed by atoms with Crippen molar-refractivity contribution in [2.24, 2.45) is 5.41 Å². The molecule has 2 saturated heterocycles. The van der Waals surface area contributed by atoms with E-state index in [1.54, 1.807) is 0 Å². The highest BCUT2D eigenvalue weighted by atomic mass is 35.5. The number of likely N-dealkylation sites (tertiary alicyclic amines) is 1. The van der Waals surface area contributed by atoms with Gasteiger partial charge in [0.2, 0.25) is 0 Å². The van der Waals surface area contributed by atoms with Crippen LogP contribution in [-0.2, 0) is 6.54 Å². The minimum absolute atomic E-state index is 0. The van der Waals surface area contributed by atoms with Crippen LogP contribution in [0.1, 0.15) is 31.2 Å².